The smallest absolute Gasteiger partial charge is 0.255 e. The standard InChI is InChI=1S/C20H20FN3O2S/c1-3-26-16-7-5-4-6-15(16)23-19(25)17-12(2)22-20(27)24-18(17)13-8-10-14(21)11-9-13/h4-11,18H,3H2,1-2H3,(H,23,25)(H2,22,24,27)/t18-/m0/s1. The number of hydrogen-bond donors (Lipinski definition) is 3. The van der Waals surface area contributed by atoms with Gasteiger partial charge in [0, 0.05) is 5.70 Å². The topological polar surface area (TPSA) is 62.4 Å². The Morgan fingerprint density at radius 2 is 1.93 bits per heavy atom. The Morgan fingerprint density at radius 3 is 2.63 bits per heavy atom. The maximum Gasteiger partial charge on any atom is 0.255 e. The van der Waals surface area contributed by atoms with Crippen LogP contribution in [-0.4, -0.2) is 17.6 Å². The molecule has 0 fully saturated rings. The van der Waals surface area contributed by atoms with Gasteiger partial charge < -0.3 is 20.7 Å². The Bertz CT molecular complexity index is 896. The lowest BCUT2D eigenvalue weighted by molar-refractivity contribution is -0.113. The minimum Gasteiger partial charge on any atom is -0.492 e. The lowest BCUT2D eigenvalue weighted by Crippen LogP contribution is -2.45. The van der Waals surface area contributed by atoms with Crippen LogP contribution in [0.25, 0.3) is 0 Å². The Morgan fingerprint density at radius 1 is 1.22 bits per heavy atom. The molecule has 0 saturated carbocycles. The van der Waals surface area contributed by atoms with Crippen molar-refractivity contribution in [1.29, 1.82) is 0 Å². The van der Waals surface area contributed by atoms with E-state index < -0.39 is 6.04 Å². The number of thiocarbonyl (C=S) groups is 1. The zero-order valence-corrected chi connectivity index (χ0v) is 15.8. The average Bonchev–Trinajstić information content (AvgIpc) is 2.63. The van der Waals surface area contributed by atoms with E-state index in [1.54, 1.807) is 31.2 Å². The zero-order valence-electron chi connectivity index (χ0n) is 15.0. The molecule has 5 nitrogen and oxygen atoms in total. The van der Waals surface area contributed by atoms with Crippen LogP contribution in [0.3, 0.4) is 0 Å². The molecule has 2 aromatic rings. The molecule has 0 bridgehead atoms. The number of carbonyl (C=O) groups excluding carboxylic acids is 1. The molecule has 1 heterocycles. The summed E-state index contributed by atoms with van der Waals surface area (Å²) in [5, 5.41) is 9.38. The quantitative estimate of drug-likeness (QED) is 0.686. The summed E-state index contributed by atoms with van der Waals surface area (Å²) in [5.41, 5.74) is 2.43. The molecule has 3 N–H and O–H groups in total. The van der Waals surface area contributed by atoms with Crippen molar-refractivity contribution in [1.82, 2.24) is 10.6 Å². The number of hydrogen-bond acceptors (Lipinski definition) is 3. The monoisotopic (exact) mass is 385 g/mol. The van der Waals surface area contributed by atoms with Gasteiger partial charge in [0.25, 0.3) is 5.91 Å². The molecule has 1 aliphatic heterocycles. The Labute approximate surface area is 162 Å². The number of benzene rings is 2. The molecule has 0 aliphatic carbocycles. The highest BCUT2D eigenvalue weighted by atomic mass is 32.1. The predicted octanol–water partition coefficient (Wildman–Crippen LogP) is 3.66. The maximum absolute atomic E-state index is 13.3. The fourth-order valence-electron chi connectivity index (χ4n) is 2.94. The first kappa shape index (κ1) is 18.8. The molecular weight excluding hydrogens is 365 g/mol. The first-order valence-corrected chi connectivity index (χ1v) is 8.97. The van der Waals surface area contributed by atoms with Crippen molar-refractivity contribution in [2.75, 3.05) is 11.9 Å². The van der Waals surface area contributed by atoms with Crippen LogP contribution in [0.1, 0.15) is 25.5 Å². The van der Waals surface area contributed by atoms with Gasteiger partial charge in [-0.25, -0.2) is 4.39 Å². The number of anilines is 1. The Kier molecular flexibility index (Phi) is 5.71. The Hall–Kier alpha value is -2.93. The largest absolute Gasteiger partial charge is 0.492 e. The van der Waals surface area contributed by atoms with E-state index in [1.807, 2.05) is 19.1 Å². The summed E-state index contributed by atoms with van der Waals surface area (Å²) in [7, 11) is 0. The van der Waals surface area contributed by atoms with Gasteiger partial charge in [-0.3, -0.25) is 4.79 Å². The van der Waals surface area contributed by atoms with E-state index in [-0.39, 0.29) is 11.7 Å². The molecule has 7 heteroatoms. The van der Waals surface area contributed by atoms with Gasteiger partial charge in [-0.05, 0) is 55.9 Å². The highest BCUT2D eigenvalue weighted by Gasteiger charge is 2.30. The van der Waals surface area contributed by atoms with Crippen LogP contribution < -0.4 is 20.7 Å². The summed E-state index contributed by atoms with van der Waals surface area (Å²) in [6.45, 7) is 4.16. The third kappa shape index (κ3) is 4.25. The van der Waals surface area contributed by atoms with Crippen LogP contribution in [0.2, 0.25) is 0 Å². The van der Waals surface area contributed by atoms with E-state index in [0.717, 1.165) is 5.56 Å². The number of para-hydroxylation sites is 2. The van der Waals surface area contributed by atoms with E-state index in [1.165, 1.54) is 12.1 Å². The third-order valence-corrected chi connectivity index (χ3v) is 4.37. The van der Waals surface area contributed by atoms with Crippen molar-refractivity contribution in [3.05, 3.63) is 71.2 Å². The fourth-order valence-corrected chi connectivity index (χ4v) is 3.21. The summed E-state index contributed by atoms with van der Waals surface area (Å²) < 4.78 is 18.9. The number of carbonyl (C=O) groups is 1. The first-order chi connectivity index (χ1) is 13.0. The van der Waals surface area contributed by atoms with Gasteiger partial charge >= 0.3 is 0 Å². The van der Waals surface area contributed by atoms with E-state index in [2.05, 4.69) is 16.0 Å². The van der Waals surface area contributed by atoms with Gasteiger partial charge in [0.15, 0.2) is 5.11 Å². The summed E-state index contributed by atoms with van der Waals surface area (Å²) in [6, 6.07) is 12.7. The van der Waals surface area contributed by atoms with Crippen molar-refractivity contribution in [2.45, 2.75) is 19.9 Å². The molecule has 1 amide bonds. The number of amides is 1. The van der Waals surface area contributed by atoms with Gasteiger partial charge in [0.2, 0.25) is 0 Å². The van der Waals surface area contributed by atoms with E-state index in [9.17, 15) is 9.18 Å². The maximum atomic E-state index is 13.3. The van der Waals surface area contributed by atoms with Gasteiger partial charge in [0.05, 0.1) is 23.9 Å². The molecule has 3 rings (SSSR count). The molecule has 2 aromatic carbocycles. The Balaban J connectivity index is 1.93. The normalized spacial score (nSPS) is 16.4. The van der Waals surface area contributed by atoms with Crippen molar-refractivity contribution < 1.29 is 13.9 Å². The number of nitrogens with one attached hydrogen (secondary N) is 3. The van der Waals surface area contributed by atoms with Crippen molar-refractivity contribution in [2.24, 2.45) is 0 Å². The van der Waals surface area contributed by atoms with Crippen molar-refractivity contribution in [3.8, 4) is 5.75 Å². The first-order valence-electron chi connectivity index (χ1n) is 8.56. The van der Waals surface area contributed by atoms with Crippen molar-refractivity contribution >= 4 is 28.9 Å². The van der Waals surface area contributed by atoms with Crippen LogP contribution >= 0.6 is 12.2 Å². The molecule has 0 saturated heterocycles. The van der Waals surface area contributed by atoms with Gasteiger partial charge in [-0.1, -0.05) is 24.3 Å². The summed E-state index contributed by atoms with van der Waals surface area (Å²) >= 11 is 5.23. The number of rotatable bonds is 5. The molecule has 1 atom stereocenters. The highest BCUT2D eigenvalue weighted by molar-refractivity contribution is 7.80. The fraction of sp³-hybridized carbons (Fsp3) is 0.200. The highest BCUT2D eigenvalue weighted by Crippen LogP contribution is 2.30. The lowest BCUT2D eigenvalue weighted by Gasteiger charge is -2.30. The SMILES string of the molecule is CCOc1ccccc1NC(=O)C1=C(C)NC(=S)N[C@H]1c1ccc(F)cc1. The van der Waals surface area contributed by atoms with E-state index in [4.69, 9.17) is 17.0 Å². The van der Waals surface area contributed by atoms with Crippen LogP contribution in [0.5, 0.6) is 5.75 Å². The summed E-state index contributed by atoms with van der Waals surface area (Å²) in [5.74, 6) is -0.0405. The predicted molar refractivity (Wildman–Crippen MR) is 107 cm³/mol. The molecule has 1 aliphatic rings. The number of halogens is 1. The molecule has 0 aromatic heterocycles. The van der Waals surface area contributed by atoms with Crippen molar-refractivity contribution in [3.63, 3.8) is 0 Å². The number of ether oxygens (including phenoxy) is 1. The second kappa shape index (κ2) is 8.18. The minimum absolute atomic E-state index is 0.295. The molecule has 140 valence electrons. The van der Waals surface area contributed by atoms with Gasteiger partial charge in [-0.15, -0.1) is 0 Å². The molecule has 0 radical (unpaired) electrons. The zero-order chi connectivity index (χ0) is 19.4. The van der Waals surface area contributed by atoms with E-state index in [0.29, 0.717) is 34.4 Å². The van der Waals surface area contributed by atoms with Gasteiger partial charge in [-0.2, -0.15) is 0 Å². The summed E-state index contributed by atoms with van der Waals surface area (Å²) in [4.78, 5) is 13.1. The van der Waals surface area contributed by atoms with Crippen LogP contribution in [0.4, 0.5) is 10.1 Å². The number of allylic oxidation sites excluding steroid dienone is 1. The third-order valence-electron chi connectivity index (χ3n) is 4.15. The molecular formula is C20H20FN3O2S. The van der Waals surface area contributed by atoms with E-state index >= 15 is 0 Å². The second-order valence-electron chi connectivity index (χ2n) is 6.00. The lowest BCUT2D eigenvalue weighted by atomic mass is 9.95. The minimum atomic E-state index is -0.487. The average molecular weight is 385 g/mol. The molecule has 27 heavy (non-hydrogen) atoms. The molecule has 0 spiro atoms. The van der Waals surface area contributed by atoms with Crippen LogP contribution in [0, 0.1) is 5.82 Å². The van der Waals surface area contributed by atoms with Crippen LogP contribution in [-0.2, 0) is 4.79 Å². The van der Waals surface area contributed by atoms with Crippen LogP contribution in [0.15, 0.2) is 59.8 Å². The van der Waals surface area contributed by atoms with Gasteiger partial charge in [0.1, 0.15) is 11.6 Å². The second-order valence-corrected chi connectivity index (χ2v) is 6.41. The molecule has 0 unspecified atom stereocenters. The summed E-state index contributed by atoms with van der Waals surface area (Å²) in [6.07, 6.45) is 0.